The third-order valence-corrected chi connectivity index (χ3v) is 5.59. The highest BCUT2D eigenvalue weighted by Crippen LogP contribution is 2.29. The van der Waals surface area contributed by atoms with Gasteiger partial charge in [0.05, 0.1) is 7.11 Å². The number of furan rings is 1. The van der Waals surface area contributed by atoms with Crippen molar-refractivity contribution < 1.29 is 22.4 Å². The SMILES string of the molecule is CCc1oc(C(=O)OC)cc1S(=O)(=O)N1CCC(CN)C1. The molecule has 2 N–H and O–H groups in total. The first-order valence-corrected chi connectivity index (χ1v) is 8.29. The molecule has 1 aromatic rings. The maximum Gasteiger partial charge on any atom is 0.373 e. The molecule has 1 aromatic heterocycles. The second-order valence-corrected chi connectivity index (χ2v) is 6.90. The molecule has 118 valence electrons. The van der Waals surface area contributed by atoms with Crippen LogP contribution in [0.25, 0.3) is 0 Å². The van der Waals surface area contributed by atoms with Gasteiger partial charge in [-0.2, -0.15) is 4.31 Å². The van der Waals surface area contributed by atoms with Crippen LogP contribution in [-0.4, -0.2) is 45.4 Å². The van der Waals surface area contributed by atoms with Gasteiger partial charge < -0.3 is 14.9 Å². The summed E-state index contributed by atoms with van der Waals surface area (Å²) in [6, 6.07) is 1.25. The predicted octanol–water partition coefficient (Wildman–Crippen LogP) is 0.598. The van der Waals surface area contributed by atoms with Crippen molar-refractivity contribution in [3.8, 4) is 0 Å². The van der Waals surface area contributed by atoms with E-state index in [1.165, 1.54) is 17.5 Å². The molecule has 0 aromatic carbocycles. The average Bonchev–Trinajstić information content (AvgIpc) is 3.13. The van der Waals surface area contributed by atoms with Crippen molar-refractivity contribution >= 4 is 16.0 Å². The van der Waals surface area contributed by atoms with Gasteiger partial charge in [0.25, 0.3) is 0 Å². The first-order chi connectivity index (χ1) is 9.93. The van der Waals surface area contributed by atoms with Gasteiger partial charge in [-0.25, -0.2) is 13.2 Å². The lowest BCUT2D eigenvalue weighted by Crippen LogP contribution is -2.30. The van der Waals surface area contributed by atoms with E-state index in [9.17, 15) is 13.2 Å². The molecule has 2 rings (SSSR count). The molecule has 0 bridgehead atoms. The lowest BCUT2D eigenvalue weighted by molar-refractivity contribution is 0.0563. The quantitative estimate of drug-likeness (QED) is 0.798. The van der Waals surface area contributed by atoms with E-state index in [0.29, 0.717) is 26.1 Å². The molecule has 1 aliphatic heterocycles. The van der Waals surface area contributed by atoms with Gasteiger partial charge in [-0.15, -0.1) is 0 Å². The standard InChI is InChI=1S/C13H20N2O5S/c1-3-10-12(6-11(20-10)13(16)19-2)21(17,18)15-5-4-9(7-14)8-15/h6,9H,3-5,7-8,14H2,1-2H3. The van der Waals surface area contributed by atoms with E-state index in [2.05, 4.69) is 4.74 Å². The Labute approximate surface area is 124 Å². The molecule has 1 unspecified atom stereocenters. The summed E-state index contributed by atoms with van der Waals surface area (Å²) >= 11 is 0. The summed E-state index contributed by atoms with van der Waals surface area (Å²) in [6.07, 6.45) is 1.12. The van der Waals surface area contributed by atoms with E-state index in [1.807, 2.05) is 0 Å². The highest BCUT2D eigenvalue weighted by Gasteiger charge is 2.35. The molecule has 1 saturated heterocycles. The number of carbonyl (C=O) groups is 1. The van der Waals surface area contributed by atoms with Crippen molar-refractivity contribution in [3.05, 3.63) is 17.6 Å². The maximum absolute atomic E-state index is 12.7. The highest BCUT2D eigenvalue weighted by atomic mass is 32.2. The number of ether oxygens (including phenoxy) is 1. The molecule has 1 fully saturated rings. The lowest BCUT2D eigenvalue weighted by Gasteiger charge is -2.15. The lowest BCUT2D eigenvalue weighted by atomic mass is 10.1. The van der Waals surface area contributed by atoms with Gasteiger partial charge in [0, 0.05) is 25.6 Å². The Morgan fingerprint density at radius 1 is 1.57 bits per heavy atom. The number of sulfonamides is 1. The largest absolute Gasteiger partial charge is 0.463 e. The Morgan fingerprint density at radius 2 is 2.29 bits per heavy atom. The van der Waals surface area contributed by atoms with Crippen molar-refractivity contribution in [2.45, 2.75) is 24.7 Å². The monoisotopic (exact) mass is 316 g/mol. The Hall–Kier alpha value is -1.38. The summed E-state index contributed by atoms with van der Waals surface area (Å²) in [5.74, 6) is -0.335. The van der Waals surface area contributed by atoms with E-state index >= 15 is 0 Å². The summed E-state index contributed by atoms with van der Waals surface area (Å²) in [5, 5.41) is 0. The van der Waals surface area contributed by atoms with Gasteiger partial charge >= 0.3 is 5.97 Å². The van der Waals surface area contributed by atoms with E-state index in [1.54, 1.807) is 6.92 Å². The number of methoxy groups -OCH3 is 1. The van der Waals surface area contributed by atoms with E-state index in [-0.39, 0.29) is 22.3 Å². The summed E-state index contributed by atoms with van der Waals surface area (Å²) in [6.45, 7) is 3.07. The number of nitrogens with zero attached hydrogens (tertiary/aromatic N) is 1. The van der Waals surface area contributed by atoms with Crippen molar-refractivity contribution in [1.29, 1.82) is 0 Å². The highest BCUT2D eigenvalue weighted by molar-refractivity contribution is 7.89. The van der Waals surface area contributed by atoms with Crippen LogP contribution in [0.3, 0.4) is 0 Å². The molecular formula is C13H20N2O5S. The van der Waals surface area contributed by atoms with Crippen molar-refractivity contribution in [1.82, 2.24) is 4.31 Å². The average molecular weight is 316 g/mol. The summed E-state index contributed by atoms with van der Waals surface area (Å²) < 4.78 is 36.6. The topological polar surface area (TPSA) is 103 Å². The number of aryl methyl sites for hydroxylation is 1. The van der Waals surface area contributed by atoms with Crippen LogP contribution in [0.1, 0.15) is 29.7 Å². The molecule has 0 radical (unpaired) electrons. The van der Waals surface area contributed by atoms with Crippen LogP contribution in [0, 0.1) is 5.92 Å². The molecule has 8 heteroatoms. The Kier molecular flexibility index (Phi) is 4.70. The normalized spacial score (nSPS) is 19.9. The summed E-state index contributed by atoms with van der Waals surface area (Å²) in [5.41, 5.74) is 5.59. The summed E-state index contributed by atoms with van der Waals surface area (Å²) in [7, 11) is -2.45. The molecule has 0 amide bonds. The minimum Gasteiger partial charge on any atom is -0.463 e. The van der Waals surface area contributed by atoms with Crippen LogP contribution in [0.15, 0.2) is 15.4 Å². The third-order valence-electron chi connectivity index (χ3n) is 3.68. The van der Waals surface area contributed by atoms with Crippen molar-refractivity contribution in [2.24, 2.45) is 11.7 Å². The first kappa shape index (κ1) is 16.0. The minimum absolute atomic E-state index is 0.0445. The van der Waals surface area contributed by atoms with Crippen LogP contribution in [0.5, 0.6) is 0 Å². The third kappa shape index (κ3) is 2.97. The van der Waals surface area contributed by atoms with Gasteiger partial charge in [0.2, 0.25) is 15.8 Å². The zero-order chi connectivity index (χ0) is 15.6. The van der Waals surface area contributed by atoms with Crippen LogP contribution < -0.4 is 5.73 Å². The molecule has 0 saturated carbocycles. The zero-order valence-electron chi connectivity index (χ0n) is 12.2. The number of hydrogen-bond acceptors (Lipinski definition) is 6. The van der Waals surface area contributed by atoms with Crippen LogP contribution in [0.4, 0.5) is 0 Å². The Bertz CT molecular complexity index is 623. The van der Waals surface area contributed by atoms with E-state index in [0.717, 1.165) is 6.42 Å². The number of carbonyl (C=O) groups excluding carboxylic acids is 1. The fourth-order valence-corrected chi connectivity index (χ4v) is 4.19. The number of rotatable bonds is 5. The molecule has 21 heavy (non-hydrogen) atoms. The second kappa shape index (κ2) is 6.17. The van der Waals surface area contributed by atoms with Crippen LogP contribution >= 0.6 is 0 Å². The van der Waals surface area contributed by atoms with E-state index < -0.39 is 16.0 Å². The van der Waals surface area contributed by atoms with Crippen LogP contribution in [-0.2, 0) is 21.2 Å². The second-order valence-electron chi connectivity index (χ2n) is 5.00. The maximum atomic E-state index is 12.7. The molecule has 0 spiro atoms. The van der Waals surface area contributed by atoms with Gasteiger partial charge in [0.1, 0.15) is 10.7 Å². The minimum atomic E-state index is -3.67. The predicted molar refractivity (Wildman–Crippen MR) is 75.3 cm³/mol. The molecule has 1 atom stereocenters. The smallest absolute Gasteiger partial charge is 0.373 e. The van der Waals surface area contributed by atoms with Gasteiger partial charge in [-0.3, -0.25) is 0 Å². The van der Waals surface area contributed by atoms with Crippen molar-refractivity contribution in [3.63, 3.8) is 0 Å². The van der Waals surface area contributed by atoms with Gasteiger partial charge in [0.15, 0.2) is 0 Å². The first-order valence-electron chi connectivity index (χ1n) is 6.85. The Morgan fingerprint density at radius 3 is 2.81 bits per heavy atom. The zero-order valence-corrected chi connectivity index (χ0v) is 13.0. The molecular weight excluding hydrogens is 296 g/mol. The van der Waals surface area contributed by atoms with Crippen LogP contribution in [0.2, 0.25) is 0 Å². The van der Waals surface area contributed by atoms with E-state index in [4.69, 9.17) is 10.2 Å². The fraction of sp³-hybridized carbons (Fsp3) is 0.615. The number of hydrogen-bond donors (Lipinski definition) is 1. The number of esters is 1. The molecule has 7 nitrogen and oxygen atoms in total. The summed E-state index contributed by atoms with van der Waals surface area (Å²) in [4.78, 5) is 11.5. The molecule has 0 aliphatic carbocycles. The van der Waals surface area contributed by atoms with Crippen molar-refractivity contribution in [2.75, 3.05) is 26.7 Å². The molecule has 2 heterocycles. The van der Waals surface area contributed by atoms with Gasteiger partial charge in [-0.05, 0) is 18.9 Å². The van der Waals surface area contributed by atoms with Gasteiger partial charge in [-0.1, -0.05) is 6.92 Å². The molecule has 1 aliphatic rings. The number of nitrogens with two attached hydrogens (primary N) is 1. The Balaban J connectivity index is 2.36. The fourth-order valence-electron chi connectivity index (χ4n) is 2.42.